The monoisotopic (exact) mass is 385 g/mol. The van der Waals surface area contributed by atoms with Gasteiger partial charge in [-0.2, -0.15) is 0 Å². The number of nitrogens with zero attached hydrogens (tertiary/aromatic N) is 2. The highest BCUT2D eigenvalue weighted by Gasteiger charge is 2.07. The van der Waals surface area contributed by atoms with Crippen LogP contribution in [-0.4, -0.2) is 16.1 Å². The molecule has 19 heavy (non-hydrogen) atoms. The van der Waals surface area contributed by atoms with Gasteiger partial charge in [-0.05, 0) is 37.4 Å². The molecular weight excluding hydrogens is 378 g/mol. The van der Waals surface area contributed by atoms with Crippen molar-refractivity contribution in [1.29, 1.82) is 0 Å². The highest BCUT2D eigenvalue weighted by Crippen LogP contribution is 2.20. The fraction of sp³-hybridized carbons (Fsp3) is 0.0833. The van der Waals surface area contributed by atoms with Crippen LogP contribution >= 0.6 is 31.9 Å². The normalized spacial score (nSPS) is 10.0. The molecule has 0 aliphatic carbocycles. The molecule has 2 aromatic rings. The lowest BCUT2D eigenvalue weighted by Gasteiger charge is -2.06. The molecule has 0 bridgehead atoms. The van der Waals surface area contributed by atoms with Crippen molar-refractivity contribution in [1.82, 2.24) is 9.97 Å². The van der Waals surface area contributed by atoms with E-state index in [-0.39, 0.29) is 12.6 Å². The van der Waals surface area contributed by atoms with Crippen LogP contribution in [0, 0.1) is 0 Å². The standard InChI is InChI=1S/C12H9Br2N3O2/c13-9-6-15-11(16-10(9)14)17-12(18)19-7-8-4-2-1-3-5-8/h1-6H,7H2,(H,15,16,17,18). The molecule has 0 aliphatic heterocycles. The molecule has 1 amide bonds. The lowest BCUT2D eigenvalue weighted by Crippen LogP contribution is -2.15. The van der Waals surface area contributed by atoms with E-state index in [1.54, 1.807) is 0 Å². The first-order chi connectivity index (χ1) is 9.15. The van der Waals surface area contributed by atoms with Crippen LogP contribution in [0.15, 0.2) is 45.6 Å². The summed E-state index contributed by atoms with van der Waals surface area (Å²) in [5.41, 5.74) is 0.913. The molecule has 7 heteroatoms. The highest BCUT2D eigenvalue weighted by atomic mass is 79.9. The smallest absolute Gasteiger partial charge is 0.414 e. The Bertz CT molecular complexity index is 578. The number of nitrogens with one attached hydrogen (secondary N) is 1. The molecule has 0 unspecified atom stereocenters. The molecule has 0 aliphatic rings. The van der Waals surface area contributed by atoms with Gasteiger partial charge >= 0.3 is 6.09 Å². The number of hydrogen-bond donors (Lipinski definition) is 1. The average molecular weight is 387 g/mol. The van der Waals surface area contributed by atoms with Crippen molar-refractivity contribution >= 4 is 43.9 Å². The van der Waals surface area contributed by atoms with E-state index in [0.29, 0.717) is 9.08 Å². The van der Waals surface area contributed by atoms with Crippen LogP contribution in [0.5, 0.6) is 0 Å². The van der Waals surface area contributed by atoms with Crippen molar-refractivity contribution in [2.45, 2.75) is 6.61 Å². The van der Waals surface area contributed by atoms with Crippen molar-refractivity contribution in [2.75, 3.05) is 5.32 Å². The molecular formula is C12H9Br2N3O2. The Kier molecular flexibility index (Phi) is 4.86. The Hall–Kier alpha value is -1.47. The molecule has 1 aromatic heterocycles. The minimum absolute atomic E-state index is 0.174. The van der Waals surface area contributed by atoms with Crippen molar-refractivity contribution < 1.29 is 9.53 Å². The maximum atomic E-state index is 11.5. The minimum atomic E-state index is -0.599. The van der Waals surface area contributed by atoms with E-state index in [1.165, 1.54) is 6.20 Å². The van der Waals surface area contributed by atoms with Crippen LogP contribution in [-0.2, 0) is 11.3 Å². The fourth-order valence-electron chi connectivity index (χ4n) is 1.26. The van der Waals surface area contributed by atoms with E-state index in [1.807, 2.05) is 30.3 Å². The van der Waals surface area contributed by atoms with Crippen molar-refractivity contribution in [2.24, 2.45) is 0 Å². The number of amides is 1. The van der Waals surface area contributed by atoms with Crippen molar-refractivity contribution in [3.8, 4) is 0 Å². The number of halogens is 2. The van der Waals surface area contributed by atoms with Crippen molar-refractivity contribution in [3.63, 3.8) is 0 Å². The van der Waals surface area contributed by atoms with E-state index < -0.39 is 6.09 Å². The van der Waals surface area contributed by atoms with Gasteiger partial charge in [0.1, 0.15) is 11.2 Å². The van der Waals surface area contributed by atoms with Gasteiger partial charge in [0.2, 0.25) is 5.95 Å². The third kappa shape index (κ3) is 4.29. The zero-order valence-electron chi connectivity index (χ0n) is 9.64. The summed E-state index contributed by atoms with van der Waals surface area (Å²) in [5.74, 6) is 0.174. The summed E-state index contributed by atoms with van der Waals surface area (Å²) >= 11 is 6.46. The largest absolute Gasteiger partial charge is 0.444 e. The molecule has 5 nitrogen and oxygen atoms in total. The SMILES string of the molecule is O=C(Nc1ncc(Br)c(Br)n1)OCc1ccccc1. The van der Waals surface area contributed by atoms with E-state index in [0.717, 1.165) is 5.56 Å². The molecule has 0 saturated heterocycles. The third-order valence-corrected chi connectivity index (χ3v) is 3.84. The summed E-state index contributed by atoms with van der Waals surface area (Å²) < 4.78 is 6.31. The number of hydrogen-bond acceptors (Lipinski definition) is 4. The zero-order valence-corrected chi connectivity index (χ0v) is 12.8. The second kappa shape index (κ2) is 6.63. The third-order valence-electron chi connectivity index (χ3n) is 2.13. The summed E-state index contributed by atoms with van der Waals surface area (Å²) in [6, 6.07) is 9.41. The second-order valence-electron chi connectivity index (χ2n) is 3.52. The number of carbonyl (C=O) groups is 1. The highest BCUT2D eigenvalue weighted by molar-refractivity contribution is 9.13. The van der Waals surface area contributed by atoms with Crippen LogP contribution in [0.1, 0.15) is 5.56 Å². The summed E-state index contributed by atoms with van der Waals surface area (Å²) in [5, 5.41) is 2.45. The number of anilines is 1. The predicted octanol–water partition coefficient (Wildman–Crippen LogP) is 3.75. The molecule has 0 saturated carbocycles. The van der Waals surface area contributed by atoms with Gasteiger partial charge < -0.3 is 4.74 Å². The van der Waals surface area contributed by atoms with E-state index in [2.05, 4.69) is 47.1 Å². The lowest BCUT2D eigenvalue weighted by atomic mass is 10.2. The fourth-order valence-corrected chi connectivity index (χ4v) is 1.72. The molecule has 0 atom stereocenters. The Labute approximate surface area is 126 Å². The zero-order chi connectivity index (χ0) is 13.7. The number of benzene rings is 1. The number of carbonyl (C=O) groups excluding carboxylic acids is 1. The average Bonchev–Trinajstić information content (AvgIpc) is 2.42. The topological polar surface area (TPSA) is 64.1 Å². The molecule has 1 heterocycles. The van der Waals surface area contributed by atoms with Crippen LogP contribution in [0.2, 0.25) is 0 Å². The number of aromatic nitrogens is 2. The van der Waals surface area contributed by atoms with Gasteiger partial charge in [-0.3, -0.25) is 5.32 Å². The van der Waals surface area contributed by atoms with Crippen LogP contribution < -0.4 is 5.32 Å². The molecule has 2 rings (SSSR count). The maximum Gasteiger partial charge on any atom is 0.414 e. The van der Waals surface area contributed by atoms with Gasteiger partial charge in [0.05, 0.1) is 4.47 Å². The minimum Gasteiger partial charge on any atom is -0.444 e. The maximum absolute atomic E-state index is 11.5. The molecule has 0 spiro atoms. The summed E-state index contributed by atoms with van der Waals surface area (Å²) in [7, 11) is 0. The summed E-state index contributed by atoms with van der Waals surface area (Å²) in [6.07, 6.45) is 0.933. The molecule has 98 valence electrons. The van der Waals surface area contributed by atoms with Gasteiger partial charge in [-0.15, -0.1) is 0 Å². The van der Waals surface area contributed by atoms with Gasteiger partial charge in [0, 0.05) is 6.20 Å². The molecule has 1 N–H and O–H groups in total. The second-order valence-corrected chi connectivity index (χ2v) is 5.12. The number of ether oxygens (including phenoxy) is 1. The summed E-state index contributed by atoms with van der Waals surface area (Å²) in [6.45, 7) is 0.199. The van der Waals surface area contributed by atoms with Gasteiger partial charge in [-0.1, -0.05) is 30.3 Å². The Morgan fingerprint density at radius 2 is 2.00 bits per heavy atom. The van der Waals surface area contributed by atoms with E-state index in [9.17, 15) is 4.79 Å². The first-order valence-electron chi connectivity index (χ1n) is 5.31. The van der Waals surface area contributed by atoms with E-state index in [4.69, 9.17) is 4.74 Å². The number of rotatable bonds is 3. The predicted molar refractivity (Wildman–Crippen MR) is 77.7 cm³/mol. The van der Waals surface area contributed by atoms with Gasteiger partial charge in [-0.25, -0.2) is 14.8 Å². The van der Waals surface area contributed by atoms with Crippen LogP contribution in [0.3, 0.4) is 0 Å². The van der Waals surface area contributed by atoms with Crippen LogP contribution in [0.25, 0.3) is 0 Å². The Morgan fingerprint density at radius 1 is 1.26 bits per heavy atom. The lowest BCUT2D eigenvalue weighted by molar-refractivity contribution is 0.155. The quantitative estimate of drug-likeness (QED) is 0.816. The molecule has 0 radical (unpaired) electrons. The molecule has 1 aromatic carbocycles. The molecule has 0 fully saturated rings. The van der Waals surface area contributed by atoms with Gasteiger partial charge in [0.25, 0.3) is 0 Å². The Morgan fingerprint density at radius 3 is 2.68 bits per heavy atom. The van der Waals surface area contributed by atoms with Crippen molar-refractivity contribution in [3.05, 3.63) is 51.2 Å². The summed E-state index contributed by atoms with van der Waals surface area (Å²) in [4.78, 5) is 19.5. The van der Waals surface area contributed by atoms with Crippen LogP contribution in [0.4, 0.5) is 10.7 Å². The Balaban J connectivity index is 1.89. The van der Waals surface area contributed by atoms with Gasteiger partial charge in [0.15, 0.2) is 0 Å². The first-order valence-corrected chi connectivity index (χ1v) is 6.89. The first kappa shape index (κ1) is 14.0. The van der Waals surface area contributed by atoms with E-state index >= 15 is 0 Å².